The first-order chi connectivity index (χ1) is 14.5. The Morgan fingerprint density at radius 1 is 1.10 bits per heavy atom. The van der Waals surface area contributed by atoms with Crippen LogP contribution in [0.2, 0.25) is 0 Å². The second-order valence-electron chi connectivity index (χ2n) is 7.79. The van der Waals surface area contributed by atoms with Crippen LogP contribution >= 0.6 is 0 Å². The number of aryl methyl sites for hydroxylation is 1. The number of aromatic nitrogens is 2. The van der Waals surface area contributed by atoms with Crippen molar-refractivity contribution in [3.8, 4) is 5.69 Å². The Morgan fingerprint density at radius 3 is 2.57 bits per heavy atom. The zero-order valence-electron chi connectivity index (χ0n) is 17.6. The summed E-state index contributed by atoms with van der Waals surface area (Å²) in [5.41, 5.74) is 5.96. The quantitative estimate of drug-likeness (QED) is 0.704. The van der Waals surface area contributed by atoms with Gasteiger partial charge in [0.15, 0.2) is 5.69 Å². The molecule has 1 aliphatic rings. The Kier molecular flexibility index (Phi) is 5.40. The first-order valence-electron chi connectivity index (χ1n) is 10.3. The fraction of sp³-hybridized carbons (Fsp3) is 0.292. The molecule has 6 heteroatoms. The van der Waals surface area contributed by atoms with Crippen molar-refractivity contribution in [2.24, 2.45) is 0 Å². The molecule has 0 atom stereocenters. The van der Waals surface area contributed by atoms with Crippen LogP contribution in [-0.2, 0) is 19.3 Å². The highest BCUT2D eigenvalue weighted by molar-refractivity contribution is 6.05. The number of carbonyl (C=O) groups excluding carboxylic acids is 2. The van der Waals surface area contributed by atoms with Crippen LogP contribution in [0.25, 0.3) is 5.69 Å². The van der Waals surface area contributed by atoms with E-state index in [4.69, 9.17) is 0 Å². The minimum absolute atomic E-state index is 0.105. The van der Waals surface area contributed by atoms with Crippen molar-refractivity contribution in [2.75, 3.05) is 19.4 Å². The third kappa shape index (κ3) is 3.73. The van der Waals surface area contributed by atoms with Gasteiger partial charge in [0, 0.05) is 36.6 Å². The third-order valence-electron chi connectivity index (χ3n) is 5.51. The second kappa shape index (κ2) is 8.14. The van der Waals surface area contributed by atoms with E-state index in [9.17, 15) is 9.59 Å². The Morgan fingerprint density at radius 2 is 1.87 bits per heavy atom. The van der Waals surface area contributed by atoms with Gasteiger partial charge in [0.05, 0.1) is 5.69 Å². The Bertz CT molecular complexity index is 1100. The number of anilines is 1. The van der Waals surface area contributed by atoms with Crippen LogP contribution in [0, 0.1) is 0 Å². The van der Waals surface area contributed by atoms with E-state index in [1.807, 2.05) is 4.68 Å². The summed E-state index contributed by atoms with van der Waals surface area (Å²) in [5.74, 6) is -0.349. The molecule has 0 bridgehead atoms. The third-order valence-corrected chi connectivity index (χ3v) is 5.51. The smallest absolute Gasteiger partial charge is 0.276 e. The van der Waals surface area contributed by atoms with E-state index in [0.29, 0.717) is 16.9 Å². The van der Waals surface area contributed by atoms with Gasteiger partial charge in [0.25, 0.3) is 11.8 Å². The average molecular weight is 402 g/mol. The summed E-state index contributed by atoms with van der Waals surface area (Å²) in [4.78, 5) is 26.8. The number of rotatable bonds is 5. The lowest BCUT2D eigenvalue weighted by Gasteiger charge is -2.11. The van der Waals surface area contributed by atoms with Gasteiger partial charge >= 0.3 is 0 Å². The zero-order valence-corrected chi connectivity index (χ0v) is 17.6. The van der Waals surface area contributed by atoms with E-state index in [1.54, 1.807) is 38.4 Å². The lowest BCUT2D eigenvalue weighted by atomic mass is 10.1. The molecule has 2 aromatic carbocycles. The van der Waals surface area contributed by atoms with Crippen LogP contribution in [-0.4, -0.2) is 40.6 Å². The maximum Gasteiger partial charge on any atom is 0.276 e. The standard InChI is InChI=1S/C24H26N4O2/c1-4-16-11-13-19(14-12-16)28-21-10-6-9-20(21)22(26-28)23(29)25-18-8-5-7-17(15-18)24(30)27(2)3/h5,7-8,11-15H,4,6,9-10H2,1-3H3,(H,25,29). The minimum atomic E-state index is -0.244. The van der Waals surface area contributed by atoms with Crippen LogP contribution < -0.4 is 5.32 Å². The summed E-state index contributed by atoms with van der Waals surface area (Å²) < 4.78 is 1.91. The molecule has 1 heterocycles. The van der Waals surface area contributed by atoms with Gasteiger partial charge in [0.1, 0.15) is 0 Å². The van der Waals surface area contributed by atoms with Gasteiger partial charge in [-0.1, -0.05) is 25.1 Å². The van der Waals surface area contributed by atoms with Gasteiger partial charge < -0.3 is 10.2 Å². The summed E-state index contributed by atoms with van der Waals surface area (Å²) in [7, 11) is 3.41. The van der Waals surface area contributed by atoms with E-state index in [1.165, 1.54) is 10.5 Å². The lowest BCUT2D eigenvalue weighted by Crippen LogP contribution is -2.22. The van der Waals surface area contributed by atoms with Crippen molar-refractivity contribution >= 4 is 17.5 Å². The summed E-state index contributed by atoms with van der Waals surface area (Å²) in [6.07, 6.45) is 3.77. The van der Waals surface area contributed by atoms with Gasteiger partial charge in [-0.2, -0.15) is 5.10 Å². The average Bonchev–Trinajstić information content (AvgIpc) is 3.36. The zero-order chi connectivity index (χ0) is 21.3. The lowest BCUT2D eigenvalue weighted by molar-refractivity contribution is 0.0827. The molecular weight excluding hydrogens is 376 g/mol. The fourth-order valence-electron chi connectivity index (χ4n) is 3.88. The van der Waals surface area contributed by atoms with E-state index >= 15 is 0 Å². The molecule has 0 saturated heterocycles. The molecule has 0 aliphatic heterocycles. The number of fused-ring (bicyclic) bond motifs is 1. The first-order valence-corrected chi connectivity index (χ1v) is 10.3. The molecule has 2 amide bonds. The number of nitrogens with zero attached hydrogens (tertiary/aromatic N) is 3. The first kappa shape index (κ1) is 19.9. The number of hydrogen-bond acceptors (Lipinski definition) is 3. The van der Waals surface area contributed by atoms with Gasteiger partial charge in [-0.15, -0.1) is 0 Å². The highest BCUT2D eigenvalue weighted by Gasteiger charge is 2.27. The summed E-state index contributed by atoms with van der Waals surface area (Å²) in [5, 5.41) is 7.59. The molecule has 4 rings (SSSR count). The minimum Gasteiger partial charge on any atom is -0.345 e. The molecular formula is C24H26N4O2. The topological polar surface area (TPSA) is 67.2 Å². The normalized spacial score (nSPS) is 12.5. The maximum atomic E-state index is 13.1. The van der Waals surface area contributed by atoms with Crippen LogP contribution in [0.3, 0.4) is 0 Å². The predicted molar refractivity (Wildman–Crippen MR) is 117 cm³/mol. The summed E-state index contributed by atoms with van der Waals surface area (Å²) in [6.45, 7) is 2.13. The molecule has 1 aliphatic carbocycles. The van der Waals surface area contributed by atoms with Gasteiger partial charge in [0.2, 0.25) is 0 Å². The Hall–Kier alpha value is -3.41. The van der Waals surface area contributed by atoms with E-state index in [0.717, 1.165) is 42.6 Å². The number of carbonyl (C=O) groups is 2. The second-order valence-corrected chi connectivity index (χ2v) is 7.79. The number of benzene rings is 2. The van der Waals surface area contributed by atoms with Gasteiger partial charge in [-0.25, -0.2) is 4.68 Å². The van der Waals surface area contributed by atoms with Crippen molar-refractivity contribution < 1.29 is 9.59 Å². The molecule has 154 valence electrons. The molecule has 3 aromatic rings. The fourth-order valence-corrected chi connectivity index (χ4v) is 3.88. The summed E-state index contributed by atoms with van der Waals surface area (Å²) >= 11 is 0. The van der Waals surface area contributed by atoms with Crippen molar-refractivity contribution in [1.29, 1.82) is 0 Å². The van der Waals surface area contributed by atoms with Crippen molar-refractivity contribution in [1.82, 2.24) is 14.7 Å². The molecule has 0 spiro atoms. The molecule has 30 heavy (non-hydrogen) atoms. The molecule has 0 saturated carbocycles. The number of amides is 2. The van der Waals surface area contributed by atoms with Crippen molar-refractivity contribution in [3.05, 3.63) is 76.6 Å². The SMILES string of the molecule is CCc1ccc(-n2nc(C(=O)Nc3cccc(C(=O)N(C)C)c3)c3c2CCC3)cc1. The maximum absolute atomic E-state index is 13.1. The Balaban J connectivity index is 1.62. The van der Waals surface area contributed by atoms with Gasteiger partial charge in [-0.3, -0.25) is 9.59 Å². The highest BCUT2D eigenvalue weighted by Crippen LogP contribution is 2.28. The molecule has 0 unspecified atom stereocenters. The van der Waals surface area contributed by atoms with Crippen molar-refractivity contribution in [3.63, 3.8) is 0 Å². The molecule has 0 radical (unpaired) electrons. The van der Waals surface area contributed by atoms with E-state index in [2.05, 4.69) is 41.6 Å². The van der Waals surface area contributed by atoms with Crippen LogP contribution in [0.1, 0.15) is 51.0 Å². The van der Waals surface area contributed by atoms with Crippen molar-refractivity contribution in [2.45, 2.75) is 32.6 Å². The molecule has 1 aromatic heterocycles. The number of nitrogens with one attached hydrogen (secondary N) is 1. The molecule has 6 nitrogen and oxygen atoms in total. The van der Waals surface area contributed by atoms with Crippen LogP contribution in [0.5, 0.6) is 0 Å². The van der Waals surface area contributed by atoms with Gasteiger partial charge in [-0.05, 0) is 61.6 Å². The summed E-state index contributed by atoms with van der Waals surface area (Å²) in [6, 6.07) is 15.3. The molecule has 0 fully saturated rings. The molecule has 1 N–H and O–H groups in total. The Labute approximate surface area is 176 Å². The van der Waals surface area contributed by atoms with E-state index in [-0.39, 0.29) is 11.8 Å². The predicted octanol–water partition coefficient (Wildman–Crippen LogP) is 3.88. The van der Waals surface area contributed by atoms with Crippen LogP contribution in [0.15, 0.2) is 48.5 Å². The number of hydrogen-bond donors (Lipinski definition) is 1. The monoisotopic (exact) mass is 402 g/mol. The largest absolute Gasteiger partial charge is 0.345 e. The van der Waals surface area contributed by atoms with Crippen LogP contribution in [0.4, 0.5) is 5.69 Å². The van der Waals surface area contributed by atoms with E-state index < -0.39 is 0 Å². The highest BCUT2D eigenvalue weighted by atomic mass is 16.2.